The molecule has 1 aliphatic rings. The van der Waals surface area contributed by atoms with E-state index in [1.807, 2.05) is 61.5 Å². The summed E-state index contributed by atoms with van der Waals surface area (Å²) in [6.45, 7) is 1.95. The minimum atomic E-state index is -0.204. The van der Waals surface area contributed by atoms with Gasteiger partial charge in [-0.1, -0.05) is 60.7 Å². The van der Waals surface area contributed by atoms with Gasteiger partial charge in [0.2, 0.25) is 11.6 Å². The van der Waals surface area contributed by atoms with E-state index in [1.165, 1.54) is 0 Å². The molecule has 0 radical (unpaired) electrons. The Morgan fingerprint density at radius 3 is 1.74 bits per heavy atom. The van der Waals surface area contributed by atoms with E-state index in [9.17, 15) is 9.59 Å². The molecule has 132 valence electrons. The van der Waals surface area contributed by atoms with Gasteiger partial charge in [0.05, 0.1) is 0 Å². The van der Waals surface area contributed by atoms with Crippen molar-refractivity contribution in [3.8, 4) is 0 Å². The molecule has 1 aliphatic carbocycles. The fourth-order valence-electron chi connectivity index (χ4n) is 3.13. The summed E-state index contributed by atoms with van der Waals surface area (Å²) >= 11 is 0. The summed E-state index contributed by atoms with van der Waals surface area (Å²) in [7, 11) is 0. The molecule has 3 aromatic rings. The van der Waals surface area contributed by atoms with Crippen molar-refractivity contribution in [1.29, 1.82) is 0 Å². The number of benzene rings is 3. The van der Waals surface area contributed by atoms with Gasteiger partial charge in [0.15, 0.2) is 0 Å². The lowest BCUT2D eigenvalue weighted by Gasteiger charge is -2.23. The van der Waals surface area contributed by atoms with E-state index in [2.05, 4.69) is 10.6 Å². The van der Waals surface area contributed by atoms with Crippen molar-refractivity contribution in [1.82, 2.24) is 0 Å². The molecule has 0 heterocycles. The molecule has 4 heteroatoms. The van der Waals surface area contributed by atoms with Crippen LogP contribution in [0.15, 0.2) is 90.3 Å². The van der Waals surface area contributed by atoms with Crippen LogP contribution in [0.5, 0.6) is 0 Å². The lowest BCUT2D eigenvalue weighted by molar-refractivity contribution is 0.0977. The van der Waals surface area contributed by atoms with E-state index in [-0.39, 0.29) is 23.0 Å². The van der Waals surface area contributed by atoms with Crippen molar-refractivity contribution < 1.29 is 9.59 Å². The molecule has 0 fully saturated rings. The molecule has 2 N–H and O–H groups in total. The monoisotopic (exact) mass is 354 g/mol. The van der Waals surface area contributed by atoms with Crippen molar-refractivity contribution in [2.24, 2.45) is 0 Å². The first-order valence-corrected chi connectivity index (χ1v) is 8.72. The third kappa shape index (κ3) is 3.13. The molecule has 4 nitrogen and oxygen atoms in total. The third-order valence-corrected chi connectivity index (χ3v) is 4.57. The van der Waals surface area contributed by atoms with E-state index in [0.717, 1.165) is 16.9 Å². The zero-order chi connectivity index (χ0) is 18.8. The second-order valence-electron chi connectivity index (χ2n) is 6.38. The maximum atomic E-state index is 13.2. The zero-order valence-corrected chi connectivity index (χ0v) is 14.8. The quantitative estimate of drug-likeness (QED) is 0.706. The van der Waals surface area contributed by atoms with Gasteiger partial charge in [-0.15, -0.1) is 0 Å². The summed E-state index contributed by atoms with van der Waals surface area (Å²) in [5.74, 6) is -0.406. The van der Waals surface area contributed by atoms with Gasteiger partial charge < -0.3 is 10.6 Å². The van der Waals surface area contributed by atoms with Crippen LogP contribution in [0.1, 0.15) is 26.3 Å². The van der Waals surface area contributed by atoms with Crippen LogP contribution in [0.2, 0.25) is 0 Å². The van der Waals surface area contributed by atoms with Crippen LogP contribution in [0.4, 0.5) is 11.4 Å². The third-order valence-electron chi connectivity index (χ3n) is 4.57. The second-order valence-corrected chi connectivity index (χ2v) is 6.38. The number of rotatable bonds is 4. The van der Waals surface area contributed by atoms with Crippen LogP contribution < -0.4 is 10.6 Å². The Balaban J connectivity index is 1.84. The van der Waals surface area contributed by atoms with E-state index in [0.29, 0.717) is 11.1 Å². The lowest BCUT2D eigenvalue weighted by atomic mass is 9.90. The Kier molecular flexibility index (Phi) is 4.30. The summed E-state index contributed by atoms with van der Waals surface area (Å²) in [5.41, 5.74) is 3.87. The Hall–Kier alpha value is -3.66. The van der Waals surface area contributed by atoms with Gasteiger partial charge in [-0.3, -0.25) is 9.59 Å². The number of aryl methyl sites for hydroxylation is 1. The number of ketones is 2. The minimum Gasteiger partial charge on any atom is -0.350 e. The number of nitrogens with one attached hydrogen (secondary N) is 2. The summed E-state index contributed by atoms with van der Waals surface area (Å²) < 4.78 is 0. The molecule has 0 aliphatic heterocycles. The molecule has 3 aromatic carbocycles. The maximum absolute atomic E-state index is 13.2. The van der Waals surface area contributed by atoms with Gasteiger partial charge in [-0.05, 0) is 30.7 Å². The zero-order valence-electron chi connectivity index (χ0n) is 14.8. The number of fused-ring (bicyclic) bond motifs is 1. The number of para-hydroxylation sites is 2. The molecule has 0 atom stereocenters. The number of carbonyl (C=O) groups excluding carboxylic acids is 2. The largest absolute Gasteiger partial charge is 0.350 e. The van der Waals surface area contributed by atoms with Crippen molar-refractivity contribution in [3.63, 3.8) is 0 Å². The number of hydrogen-bond donors (Lipinski definition) is 2. The summed E-state index contributed by atoms with van der Waals surface area (Å²) in [4.78, 5) is 26.3. The number of allylic oxidation sites excluding steroid dienone is 2. The minimum absolute atomic E-state index is 0.202. The van der Waals surface area contributed by atoms with Crippen molar-refractivity contribution in [3.05, 3.63) is 107 Å². The second kappa shape index (κ2) is 6.92. The normalized spacial score (nSPS) is 13.4. The SMILES string of the molecule is Cc1ccccc1NC1=C(Nc2ccccc2)C(=O)c2ccccc2C1=O. The number of anilines is 2. The number of Topliss-reactive ketones (excluding diaryl/α,β-unsaturated/α-hetero) is 2. The molecule has 0 unspecified atom stereocenters. The first-order valence-electron chi connectivity index (χ1n) is 8.72. The molecule has 0 bridgehead atoms. The Bertz CT molecular complexity index is 1070. The van der Waals surface area contributed by atoms with Crippen molar-refractivity contribution in [2.45, 2.75) is 6.92 Å². The van der Waals surface area contributed by atoms with Gasteiger partial charge in [0.1, 0.15) is 11.4 Å². The average molecular weight is 354 g/mol. The first-order chi connectivity index (χ1) is 13.1. The highest BCUT2D eigenvalue weighted by molar-refractivity contribution is 6.28. The van der Waals surface area contributed by atoms with E-state index < -0.39 is 0 Å². The van der Waals surface area contributed by atoms with Gasteiger partial charge in [0.25, 0.3) is 0 Å². The lowest BCUT2D eigenvalue weighted by Crippen LogP contribution is -2.29. The molecule has 27 heavy (non-hydrogen) atoms. The van der Waals surface area contributed by atoms with Gasteiger partial charge in [-0.2, -0.15) is 0 Å². The molecule has 0 saturated heterocycles. The Labute approximate surface area is 157 Å². The highest BCUT2D eigenvalue weighted by Crippen LogP contribution is 2.29. The van der Waals surface area contributed by atoms with Gasteiger partial charge in [0, 0.05) is 22.5 Å². The topological polar surface area (TPSA) is 58.2 Å². The van der Waals surface area contributed by atoms with Crippen LogP contribution in [0, 0.1) is 6.92 Å². The smallest absolute Gasteiger partial charge is 0.212 e. The molecule has 4 rings (SSSR count). The van der Waals surface area contributed by atoms with Crippen LogP contribution >= 0.6 is 0 Å². The number of carbonyl (C=O) groups is 2. The van der Waals surface area contributed by atoms with E-state index >= 15 is 0 Å². The highest BCUT2D eigenvalue weighted by atomic mass is 16.1. The molecule has 0 aromatic heterocycles. The Morgan fingerprint density at radius 2 is 1.11 bits per heavy atom. The van der Waals surface area contributed by atoms with E-state index in [4.69, 9.17) is 0 Å². The first kappa shape index (κ1) is 16.8. The Morgan fingerprint density at radius 1 is 0.593 bits per heavy atom. The van der Waals surface area contributed by atoms with Crippen LogP contribution in [-0.4, -0.2) is 11.6 Å². The van der Waals surface area contributed by atoms with Crippen LogP contribution in [0.3, 0.4) is 0 Å². The molecular weight excluding hydrogens is 336 g/mol. The standard InChI is InChI=1S/C23H18N2O2/c1-15-9-5-8-14-19(15)25-21-20(24-16-10-3-2-4-11-16)22(26)17-12-6-7-13-18(17)23(21)27/h2-14,24-25H,1H3. The highest BCUT2D eigenvalue weighted by Gasteiger charge is 2.32. The maximum Gasteiger partial charge on any atom is 0.212 e. The van der Waals surface area contributed by atoms with Gasteiger partial charge >= 0.3 is 0 Å². The van der Waals surface area contributed by atoms with Crippen LogP contribution in [-0.2, 0) is 0 Å². The number of hydrogen-bond acceptors (Lipinski definition) is 4. The predicted molar refractivity (Wildman–Crippen MR) is 107 cm³/mol. The van der Waals surface area contributed by atoms with E-state index in [1.54, 1.807) is 24.3 Å². The predicted octanol–water partition coefficient (Wildman–Crippen LogP) is 4.81. The molecule has 0 saturated carbocycles. The summed E-state index contributed by atoms with van der Waals surface area (Å²) in [6, 6.07) is 23.9. The summed E-state index contributed by atoms with van der Waals surface area (Å²) in [5, 5.41) is 6.33. The van der Waals surface area contributed by atoms with Crippen molar-refractivity contribution >= 4 is 22.9 Å². The molecule has 0 spiro atoms. The fourth-order valence-corrected chi connectivity index (χ4v) is 3.13. The molecule has 0 amide bonds. The average Bonchev–Trinajstić information content (AvgIpc) is 2.71. The van der Waals surface area contributed by atoms with Crippen molar-refractivity contribution in [2.75, 3.05) is 10.6 Å². The summed E-state index contributed by atoms with van der Waals surface area (Å²) in [6.07, 6.45) is 0. The van der Waals surface area contributed by atoms with Gasteiger partial charge in [-0.25, -0.2) is 0 Å². The molecular formula is C23H18N2O2. The fraction of sp³-hybridized carbons (Fsp3) is 0.0435. The van der Waals surface area contributed by atoms with Crippen LogP contribution in [0.25, 0.3) is 0 Å².